The molecule has 0 aliphatic carbocycles. The minimum Gasteiger partial charge on any atom is -0.496 e. The van der Waals surface area contributed by atoms with Crippen LogP contribution in [0, 0.1) is 15.9 Å². The second kappa shape index (κ2) is 6.25. The van der Waals surface area contributed by atoms with Crippen LogP contribution in [-0.4, -0.2) is 33.2 Å². The Morgan fingerprint density at radius 1 is 1.38 bits per heavy atom. The molecule has 1 aliphatic heterocycles. The first-order valence-electron chi connectivity index (χ1n) is 8.17. The fraction of sp³-hybridized carbons (Fsp3) is 0.294. The van der Waals surface area contributed by atoms with E-state index in [0.717, 1.165) is 24.9 Å². The highest BCUT2D eigenvalue weighted by atomic mass is 19.1. The third-order valence-electron chi connectivity index (χ3n) is 4.63. The minimum atomic E-state index is -0.504. The smallest absolute Gasteiger partial charge is 0.333 e. The quantitative estimate of drug-likeness (QED) is 0.527. The number of fused-ring (bicyclic) bond motifs is 1. The van der Waals surface area contributed by atoms with Gasteiger partial charge in [0.1, 0.15) is 23.6 Å². The minimum absolute atomic E-state index is 0.113. The van der Waals surface area contributed by atoms with E-state index < -0.39 is 4.92 Å². The van der Waals surface area contributed by atoms with E-state index in [2.05, 4.69) is 10.1 Å². The molecule has 0 saturated carbocycles. The maximum Gasteiger partial charge on any atom is 0.333 e. The molecule has 0 N–H and O–H groups in total. The lowest BCUT2D eigenvalue weighted by Gasteiger charge is -2.27. The molecule has 26 heavy (non-hydrogen) atoms. The van der Waals surface area contributed by atoms with Crippen molar-refractivity contribution in [1.82, 2.24) is 14.6 Å². The van der Waals surface area contributed by atoms with Gasteiger partial charge in [-0.2, -0.15) is 5.10 Å². The number of nitro groups is 1. The summed E-state index contributed by atoms with van der Waals surface area (Å²) in [5.74, 6) is 0.872. The van der Waals surface area contributed by atoms with Gasteiger partial charge in [0.15, 0.2) is 0 Å². The molecule has 4 rings (SSSR count). The fourth-order valence-electron chi connectivity index (χ4n) is 3.47. The zero-order chi connectivity index (χ0) is 18.3. The standard InChI is InChI=1S/C17H16FN5O3/c1-26-15-5-4-11(18)9-12(15)13-3-2-7-21(13)16-6-8-22-17(20-16)14(10-19-22)23(24)25/h4-6,8-10,13H,2-3,7H2,1H3. The van der Waals surface area contributed by atoms with Crippen molar-refractivity contribution in [3.8, 4) is 5.75 Å². The van der Waals surface area contributed by atoms with Crippen molar-refractivity contribution in [1.29, 1.82) is 0 Å². The van der Waals surface area contributed by atoms with E-state index in [0.29, 0.717) is 11.6 Å². The molecular weight excluding hydrogens is 341 g/mol. The maximum absolute atomic E-state index is 13.8. The molecule has 1 saturated heterocycles. The average Bonchev–Trinajstić information content (AvgIpc) is 3.28. The van der Waals surface area contributed by atoms with E-state index in [1.54, 1.807) is 25.4 Å². The highest BCUT2D eigenvalue weighted by Crippen LogP contribution is 2.39. The molecule has 0 spiro atoms. The summed E-state index contributed by atoms with van der Waals surface area (Å²) in [6, 6.07) is 6.09. The Hall–Kier alpha value is -3.23. The van der Waals surface area contributed by atoms with E-state index in [9.17, 15) is 14.5 Å². The largest absolute Gasteiger partial charge is 0.496 e. The normalized spacial score (nSPS) is 17.0. The molecule has 134 valence electrons. The number of benzene rings is 1. The van der Waals surface area contributed by atoms with Crippen LogP contribution in [0.25, 0.3) is 5.65 Å². The van der Waals surface area contributed by atoms with E-state index in [1.165, 1.54) is 22.8 Å². The van der Waals surface area contributed by atoms with Gasteiger partial charge in [0.05, 0.1) is 18.1 Å². The van der Waals surface area contributed by atoms with Crippen molar-refractivity contribution in [2.75, 3.05) is 18.6 Å². The van der Waals surface area contributed by atoms with Crippen LogP contribution in [0.2, 0.25) is 0 Å². The van der Waals surface area contributed by atoms with Gasteiger partial charge in [0, 0.05) is 18.3 Å². The van der Waals surface area contributed by atoms with Crippen molar-refractivity contribution in [3.63, 3.8) is 0 Å². The molecule has 0 amide bonds. The van der Waals surface area contributed by atoms with Crippen molar-refractivity contribution in [2.24, 2.45) is 0 Å². The maximum atomic E-state index is 13.8. The Labute approximate surface area is 148 Å². The number of nitrogens with zero attached hydrogens (tertiary/aromatic N) is 5. The van der Waals surface area contributed by atoms with Crippen molar-refractivity contribution >= 4 is 17.2 Å². The average molecular weight is 357 g/mol. The van der Waals surface area contributed by atoms with Gasteiger partial charge < -0.3 is 9.64 Å². The van der Waals surface area contributed by atoms with Crippen LogP contribution >= 0.6 is 0 Å². The van der Waals surface area contributed by atoms with Gasteiger partial charge in [-0.15, -0.1) is 0 Å². The summed E-state index contributed by atoms with van der Waals surface area (Å²) in [5.41, 5.74) is 0.782. The van der Waals surface area contributed by atoms with Crippen LogP contribution in [0.3, 0.4) is 0 Å². The van der Waals surface area contributed by atoms with Gasteiger partial charge in [-0.25, -0.2) is 13.9 Å². The second-order valence-corrected chi connectivity index (χ2v) is 6.08. The zero-order valence-electron chi connectivity index (χ0n) is 14.0. The van der Waals surface area contributed by atoms with Crippen molar-refractivity contribution in [3.05, 3.63) is 58.2 Å². The summed E-state index contributed by atoms with van der Waals surface area (Å²) >= 11 is 0. The first-order chi connectivity index (χ1) is 12.6. The van der Waals surface area contributed by atoms with Crippen LogP contribution in [-0.2, 0) is 0 Å². The van der Waals surface area contributed by atoms with Crippen LogP contribution in [0.1, 0.15) is 24.4 Å². The van der Waals surface area contributed by atoms with Crippen molar-refractivity contribution in [2.45, 2.75) is 18.9 Å². The van der Waals surface area contributed by atoms with Crippen LogP contribution in [0.4, 0.5) is 15.9 Å². The van der Waals surface area contributed by atoms with Crippen LogP contribution < -0.4 is 9.64 Å². The first-order valence-corrected chi connectivity index (χ1v) is 8.17. The molecule has 2 aromatic heterocycles. The lowest BCUT2D eigenvalue weighted by Crippen LogP contribution is -2.24. The van der Waals surface area contributed by atoms with Gasteiger partial charge in [-0.05, 0) is 37.1 Å². The SMILES string of the molecule is COc1ccc(F)cc1C1CCCN1c1ccn2ncc([N+](=O)[O-])c2n1. The Kier molecular flexibility index (Phi) is 3.90. The molecule has 3 aromatic rings. The predicted molar refractivity (Wildman–Crippen MR) is 91.9 cm³/mol. The molecule has 0 bridgehead atoms. The molecule has 1 aliphatic rings. The summed E-state index contributed by atoms with van der Waals surface area (Å²) in [5, 5.41) is 15.1. The molecule has 8 nitrogen and oxygen atoms in total. The number of aromatic nitrogens is 3. The molecule has 1 atom stereocenters. The topological polar surface area (TPSA) is 85.8 Å². The van der Waals surface area contributed by atoms with E-state index >= 15 is 0 Å². The Morgan fingerprint density at radius 3 is 3.00 bits per heavy atom. The third-order valence-corrected chi connectivity index (χ3v) is 4.63. The van der Waals surface area contributed by atoms with E-state index in [1.807, 2.05) is 4.90 Å². The van der Waals surface area contributed by atoms with Crippen LogP contribution in [0.15, 0.2) is 36.7 Å². The summed E-state index contributed by atoms with van der Waals surface area (Å²) in [4.78, 5) is 17.1. The molecule has 0 radical (unpaired) electrons. The number of anilines is 1. The van der Waals surface area contributed by atoms with Crippen LogP contribution in [0.5, 0.6) is 5.75 Å². The van der Waals surface area contributed by atoms with Gasteiger partial charge >= 0.3 is 5.69 Å². The highest BCUT2D eigenvalue weighted by Gasteiger charge is 2.30. The number of halogens is 1. The molecule has 1 aromatic carbocycles. The Morgan fingerprint density at radius 2 is 2.23 bits per heavy atom. The molecule has 1 fully saturated rings. The Balaban J connectivity index is 1.77. The number of ether oxygens (including phenoxy) is 1. The van der Waals surface area contributed by atoms with Gasteiger partial charge in [0.2, 0.25) is 5.65 Å². The summed E-state index contributed by atoms with van der Waals surface area (Å²) < 4.78 is 20.6. The zero-order valence-corrected chi connectivity index (χ0v) is 14.0. The lowest BCUT2D eigenvalue weighted by molar-refractivity contribution is -0.383. The third kappa shape index (κ3) is 2.61. The van der Waals surface area contributed by atoms with Gasteiger partial charge in [-0.1, -0.05) is 0 Å². The summed E-state index contributed by atoms with van der Waals surface area (Å²) in [7, 11) is 1.55. The first kappa shape index (κ1) is 16.2. The Bertz CT molecular complexity index is 990. The van der Waals surface area contributed by atoms with E-state index in [-0.39, 0.29) is 23.2 Å². The fourth-order valence-corrected chi connectivity index (χ4v) is 3.47. The predicted octanol–water partition coefficient (Wildman–Crippen LogP) is 3.13. The van der Waals surface area contributed by atoms with Gasteiger partial charge in [0.25, 0.3) is 0 Å². The van der Waals surface area contributed by atoms with Gasteiger partial charge in [-0.3, -0.25) is 10.1 Å². The number of rotatable bonds is 4. The van der Waals surface area contributed by atoms with Crippen molar-refractivity contribution < 1.29 is 14.1 Å². The van der Waals surface area contributed by atoms with E-state index in [4.69, 9.17) is 4.74 Å². The lowest BCUT2D eigenvalue weighted by atomic mass is 10.0. The summed E-state index contributed by atoms with van der Waals surface area (Å²) in [6.45, 7) is 0.718. The number of methoxy groups -OCH3 is 1. The molecule has 1 unspecified atom stereocenters. The molecule has 9 heteroatoms. The number of hydrogen-bond acceptors (Lipinski definition) is 6. The molecular formula is C17H16FN5O3. The summed E-state index contributed by atoms with van der Waals surface area (Å²) in [6.07, 6.45) is 4.54. The monoisotopic (exact) mass is 357 g/mol. The molecule has 3 heterocycles. The second-order valence-electron chi connectivity index (χ2n) is 6.08. The highest BCUT2D eigenvalue weighted by molar-refractivity contribution is 5.62. The number of hydrogen-bond donors (Lipinski definition) is 0.